The molecule has 702 valence electrons. The smallest absolute Gasteiger partial charge is 0.328 e. The van der Waals surface area contributed by atoms with Crippen molar-refractivity contribution < 1.29 is 104 Å². The topological polar surface area (TPSA) is 528 Å². The number of ketones is 4. The lowest BCUT2D eigenvalue weighted by atomic mass is 9.80. The van der Waals surface area contributed by atoms with Crippen LogP contribution in [0, 0.1) is 40.9 Å². The van der Waals surface area contributed by atoms with Crippen LogP contribution in [-0.4, -0.2) is 201 Å². The minimum Gasteiger partial charge on any atom is -0.744 e. The number of aromatic amines is 1. The Kier molecular flexibility index (Phi) is 36.5. The average Bonchev–Trinajstić information content (AvgIpc) is 1.59. The van der Waals surface area contributed by atoms with E-state index < -0.39 is 195 Å². The number of carboxylic acid groups (broad SMARTS) is 1. The number of rotatable bonds is 50. The fraction of sp³-hybridized carbons (Fsp3) is 0.479. The molecule has 130 heavy (non-hydrogen) atoms. The highest BCUT2D eigenvalue weighted by atomic mass is 32.2. The first-order chi connectivity index (χ1) is 61.5. The predicted molar refractivity (Wildman–Crippen MR) is 489 cm³/mol. The lowest BCUT2D eigenvalue weighted by Gasteiger charge is -2.29. The Morgan fingerprint density at radius 3 is 1.85 bits per heavy atom. The first-order valence-corrected chi connectivity index (χ1v) is 47.3. The number of phenols is 1. The molecule has 0 unspecified atom stereocenters. The first-order valence-electron chi connectivity index (χ1n) is 44.4. The molecule has 3 aliphatic rings. The number of carboxylic acids is 1. The number of allylic oxidation sites excluding steroid dienone is 6. The third-order valence-corrected chi connectivity index (χ3v) is 26.5. The summed E-state index contributed by atoms with van der Waals surface area (Å²) in [5.41, 5.74) is 10.8. The minimum atomic E-state index is -4.72. The molecule has 0 spiro atoms. The van der Waals surface area contributed by atoms with Crippen molar-refractivity contribution in [3.63, 3.8) is 0 Å². The number of nitrogens with one attached hydrogen (secondary N) is 8. The Morgan fingerprint density at radius 1 is 0.638 bits per heavy atom. The summed E-state index contributed by atoms with van der Waals surface area (Å²) < 4.78 is 73.3. The summed E-state index contributed by atoms with van der Waals surface area (Å²) in [5.74, 6) is -14.1. The van der Waals surface area contributed by atoms with E-state index in [4.69, 9.17) is 11.1 Å². The number of guanidine groups is 1. The highest BCUT2D eigenvalue weighted by Crippen LogP contribution is 2.49. The minimum absolute atomic E-state index is 0.0295. The fourth-order valence-corrected chi connectivity index (χ4v) is 18.7. The standard InChI is InChI=1S/C96H125N11O21S2/c1-9-106-79-40-38-69(129(123,124)125)53-72(79)95(5,6)85(106)31-17-12-18-32-86-96(7,8)73-54-70(130(126,127)128)39-41-80(73)107(86)43-22-21-33-87(116)105-88(59(4)110)84(115)51-64(45-60-24-13-10-14-25-60)90(118)103-77(47-61-26-15-11-16-27-61)83(114)52-67(56-108)92(120)101-75(30-23-42-99-94(97)98)81(112)49-63(46-62-34-36-68(111)37-35-62)89(117)102-76(44-58(2)3)82(113)50-65(91(119)104-78(57-109)93(121)122)48-66-55-100-74-29-20-19-28-71(66)74/h11-12,15-20,26-29,31-32,34-41,53-55,58-60,63-65,67,75-78,88,100,108-110H,9-10,13-14,21-25,30,33,42-52,56-57H2,1-8H3,(H12-,97,98,99,101,102,103,104,105,111,116,117,118,119,120,121,122,123,124,125,126,127,128)/t59-,63-,64-,65-,67-,75-,76+,77+,78+,88-/m1/s1. The second-order valence-corrected chi connectivity index (χ2v) is 38.6. The second-order valence-electron chi connectivity index (χ2n) is 35.8. The third kappa shape index (κ3) is 27.8. The molecule has 2 aliphatic heterocycles. The van der Waals surface area contributed by atoms with Gasteiger partial charge in [0.2, 0.25) is 35.2 Å². The highest BCUT2D eigenvalue weighted by Gasteiger charge is 2.46. The molecule has 16 N–H and O–H groups in total. The molecule has 5 aromatic carbocycles. The zero-order chi connectivity index (χ0) is 95.1. The maximum absolute atomic E-state index is 15.2. The Labute approximate surface area is 759 Å². The van der Waals surface area contributed by atoms with Gasteiger partial charge in [0.25, 0.3) is 10.1 Å². The zero-order valence-corrected chi connectivity index (χ0v) is 76.6. The number of aliphatic hydroxyl groups excluding tert-OH is 3. The molecular formula is C96H125N11O21S2. The number of nitrogens with zero attached hydrogens (tertiary/aromatic N) is 2. The van der Waals surface area contributed by atoms with Gasteiger partial charge in [0.15, 0.2) is 34.8 Å². The Bertz CT molecular complexity index is 5450. The maximum Gasteiger partial charge on any atom is 0.328 e. The summed E-state index contributed by atoms with van der Waals surface area (Å²) in [7, 11) is -9.33. The molecule has 0 radical (unpaired) electrons. The first kappa shape index (κ1) is 102. The number of fused-ring (bicyclic) bond motifs is 3. The number of carbonyl (C=O) groups excluding carboxylic acids is 9. The van der Waals surface area contributed by atoms with Crippen LogP contribution in [0.5, 0.6) is 5.75 Å². The van der Waals surface area contributed by atoms with Crippen molar-refractivity contribution in [2.45, 2.75) is 234 Å². The number of H-pyrrole nitrogens is 1. The van der Waals surface area contributed by atoms with Gasteiger partial charge in [0.1, 0.15) is 34.5 Å². The lowest BCUT2D eigenvalue weighted by Crippen LogP contribution is -2.51. The maximum atomic E-state index is 15.2. The zero-order valence-electron chi connectivity index (χ0n) is 74.9. The largest absolute Gasteiger partial charge is 0.744 e. The normalized spacial score (nSPS) is 17.1. The summed E-state index contributed by atoms with van der Waals surface area (Å²) in [6.07, 6.45) is 11.7. The number of Topliss-reactive ketones (excluding diaryl/α,β-unsaturated/α-hetero) is 4. The molecule has 6 aromatic rings. The van der Waals surface area contributed by atoms with Crippen LogP contribution in [0.1, 0.15) is 186 Å². The lowest BCUT2D eigenvalue weighted by molar-refractivity contribution is -0.433. The number of carbonyl (C=O) groups is 10. The van der Waals surface area contributed by atoms with Gasteiger partial charge < -0.3 is 77.6 Å². The molecule has 10 atom stereocenters. The summed E-state index contributed by atoms with van der Waals surface area (Å²) in [6.45, 7) is 13.6. The van der Waals surface area contributed by atoms with Crippen LogP contribution >= 0.6 is 0 Å². The number of anilines is 1. The second kappa shape index (κ2) is 46.4. The Balaban J connectivity index is 0.893. The van der Waals surface area contributed by atoms with Crippen LogP contribution in [0.25, 0.3) is 10.9 Å². The molecule has 1 fully saturated rings. The number of phenolic OH excluding ortho intramolecular Hbond substituents is 1. The van der Waals surface area contributed by atoms with Crippen molar-refractivity contribution in [2.24, 2.45) is 41.2 Å². The SMILES string of the molecule is CC[N+]1=C(/C=C/C=C/C=C2/N(CCCCC(=O)N[C@@H](C(=O)C[C@@H](CC3CCCCC3)C(=O)N[C@@H](Cc3ccccc3)C(=O)C[C@H](CO)C(=O)N[C@H](CCCNC(=N)N)C(=O)C[C@@H](Cc3ccc(O)cc3)C(=O)N[C@@H](CC(C)C)C(=O)C[C@@H](Cc3c[nH]c4ccccc34)C(=O)N[C@@H](CO)C(=O)O)[C@@H](C)O)c3ccc(S(=O)(=O)O)cc3C2(C)C)C(C)(C)c2cc(S(=O)(=O)[O-])ccc21. The van der Waals surface area contributed by atoms with E-state index in [2.05, 4.69) is 36.9 Å². The molecule has 34 heteroatoms. The monoisotopic (exact) mass is 1830 g/mol. The summed E-state index contributed by atoms with van der Waals surface area (Å²) >= 11 is 0. The van der Waals surface area contributed by atoms with E-state index in [-0.39, 0.29) is 91.7 Å². The van der Waals surface area contributed by atoms with Gasteiger partial charge in [-0.15, -0.1) is 0 Å². The number of unbranched alkanes of at least 4 members (excludes halogenated alkanes) is 1. The summed E-state index contributed by atoms with van der Waals surface area (Å²) in [4.78, 5) is 149. The van der Waals surface area contributed by atoms with Crippen LogP contribution in [0.15, 0.2) is 167 Å². The third-order valence-electron chi connectivity index (χ3n) is 24.8. The summed E-state index contributed by atoms with van der Waals surface area (Å²) in [5, 5.41) is 77.1. The quantitative estimate of drug-likeness (QED) is 0.00424. The van der Waals surface area contributed by atoms with Crippen molar-refractivity contribution in [2.75, 3.05) is 37.7 Å². The molecule has 5 amide bonds. The number of nitrogens with two attached hydrogens (primary N) is 1. The van der Waals surface area contributed by atoms with E-state index in [1.54, 1.807) is 74.6 Å². The van der Waals surface area contributed by atoms with Gasteiger partial charge in [-0.05, 0) is 174 Å². The number of aliphatic hydroxyl groups is 3. The van der Waals surface area contributed by atoms with Crippen LogP contribution in [0.2, 0.25) is 0 Å². The van der Waals surface area contributed by atoms with E-state index in [0.717, 1.165) is 60.1 Å². The highest BCUT2D eigenvalue weighted by molar-refractivity contribution is 7.86. The average molecular weight is 1830 g/mol. The van der Waals surface area contributed by atoms with Crippen molar-refractivity contribution in [3.05, 3.63) is 185 Å². The van der Waals surface area contributed by atoms with Crippen molar-refractivity contribution >= 4 is 113 Å². The number of para-hydroxylation sites is 1. The van der Waals surface area contributed by atoms with Gasteiger partial charge in [0.05, 0.1) is 58.6 Å². The van der Waals surface area contributed by atoms with E-state index in [9.17, 15) is 80.2 Å². The molecule has 0 saturated heterocycles. The molecule has 1 aliphatic carbocycles. The summed E-state index contributed by atoms with van der Waals surface area (Å²) in [6, 6.07) is 23.0. The Hall–Kier alpha value is -11.4. The van der Waals surface area contributed by atoms with Gasteiger partial charge in [-0.2, -0.15) is 13.0 Å². The number of amides is 5. The number of hydrogen-bond donors (Lipinski definition) is 15. The molecule has 1 aromatic heterocycles. The predicted octanol–water partition coefficient (Wildman–Crippen LogP) is 8.57. The number of aromatic nitrogens is 1. The van der Waals surface area contributed by atoms with E-state index in [1.807, 2.05) is 86.6 Å². The molecule has 32 nitrogen and oxygen atoms in total. The van der Waals surface area contributed by atoms with Gasteiger partial charge >= 0.3 is 5.97 Å². The molecule has 1 saturated carbocycles. The van der Waals surface area contributed by atoms with Gasteiger partial charge in [-0.1, -0.05) is 139 Å². The van der Waals surface area contributed by atoms with Gasteiger partial charge in [-0.25, -0.2) is 13.2 Å². The van der Waals surface area contributed by atoms with Crippen molar-refractivity contribution in [1.82, 2.24) is 36.9 Å². The van der Waals surface area contributed by atoms with Gasteiger partial charge in [0, 0.05) is 115 Å². The number of benzene rings is 5. The van der Waals surface area contributed by atoms with Crippen LogP contribution in [0.3, 0.4) is 0 Å². The number of hydrogen-bond acceptors (Lipinski definition) is 21. The van der Waals surface area contributed by atoms with Crippen LogP contribution in [0.4, 0.5) is 11.4 Å². The van der Waals surface area contributed by atoms with E-state index in [0.29, 0.717) is 53.0 Å². The van der Waals surface area contributed by atoms with Gasteiger partial charge in [-0.3, -0.25) is 53.1 Å². The van der Waals surface area contributed by atoms with Crippen molar-refractivity contribution in [1.29, 1.82) is 5.41 Å². The molecular weight excluding hydrogens is 1710 g/mol. The van der Waals surface area contributed by atoms with E-state index in [1.165, 1.54) is 55.5 Å². The molecule has 3 heterocycles. The molecule has 0 bridgehead atoms. The molecule has 9 rings (SSSR count). The number of aromatic hydroxyl groups is 1. The van der Waals surface area contributed by atoms with Crippen molar-refractivity contribution in [3.8, 4) is 5.75 Å². The van der Waals surface area contributed by atoms with Crippen LogP contribution < -0.4 is 42.5 Å². The fourth-order valence-electron chi connectivity index (χ4n) is 17.7. The van der Waals surface area contributed by atoms with E-state index >= 15 is 19.2 Å². The Morgan fingerprint density at radius 2 is 1.22 bits per heavy atom. The number of aliphatic carboxylic acids is 1. The van der Waals surface area contributed by atoms with Crippen LogP contribution in [-0.2, 0) is 98.3 Å².